The molecule has 25 heavy (non-hydrogen) atoms. The maximum absolute atomic E-state index is 12.6. The molecule has 1 aromatic heterocycles. The number of hydrogen-bond acceptors (Lipinski definition) is 4. The van der Waals surface area contributed by atoms with E-state index in [-0.39, 0.29) is 5.56 Å². The summed E-state index contributed by atoms with van der Waals surface area (Å²) in [5, 5.41) is 16.0. The van der Waals surface area contributed by atoms with Gasteiger partial charge in [0, 0.05) is 11.9 Å². The molecular weight excluding hydrogens is 353 g/mol. The van der Waals surface area contributed by atoms with Crippen molar-refractivity contribution in [1.82, 2.24) is 15.1 Å². The predicted octanol–water partition coefficient (Wildman–Crippen LogP) is 3.02. The Morgan fingerprint density at radius 2 is 2.08 bits per heavy atom. The van der Waals surface area contributed by atoms with Crippen molar-refractivity contribution in [1.29, 1.82) is 5.26 Å². The van der Waals surface area contributed by atoms with Crippen molar-refractivity contribution in [3.63, 3.8) is 0 Å². The van der Waals surface area contributed by atoms with Crippen LogP contribution >= 0.6 is 11.8 Å². The predicted molar refractivity (Wildman–Crippen MR) is 86.3 cm³/mol. The number of nitrogens with one attached hydrogen (secondary N) is 1. The molecule has 1 atom stereocenters. The third-order valence-corrected chi connectivity index (χ3v) is 5.08. The number of thioether (sulfide) groups is 1. The molecule has 0 radical (unpaired) electrons. The Labute approximate surface area is 145 Å². The third kappa shape index (κ3) is 3.64. The van der Waals surface area contributed by atoms with Gasteiger partial charge in [-0.05, 0) is 36.4 Å². The largest absolute Gasteiger partial charge is 0.416 e. The number of benzene rings is 1. The summed E-state index contributed by atoms with van der Waals surface area (Å²) in [6.07, 6.45) is -1.09. The van der Waals surface area contributed by atoms with Crippen LogP contribution in [0.3, 0.4) is 0 Å². The first-order chi connectivity index (χ1) is 11.8. The second kappa shape index (κ2) is 6.44. The lowest BCUT2D eigenvalue weighted by molar-refractivity contribution is -0.137. The Hall–Kier alpha value is -2.47. The molecule has 1 saturated heterocycles. The highest BCUT2D eigenvalue weighted by atomic mass is 32.2. The molecule has 1 amide bonds. The van der Waals surface area contributed by atoms with E-state index in [4.69, 9.17) is 0 Å². The van der Waals surface area contributed by atoms with Gasteiger partial charge in [-0.2, -0.15) is 35.3 Å². The minimum atomic E-state index is -4.40. The van der Waals surface area contributed by atoms with E-state index in [0.717, 1.165) is 17.9 Å². The van der Waals surface area contributed by atoms with Gasteiger partial charge in [-0.25, -0.2) is 4.68 Å². The molecular formula is C16H13F3N4OS. The Morgan fingerprint density at radius 3 is 2.64 bits per heavy atom. The van der Waals surface area contributed by atoms with Crippen LogP contribution in [0, 0.1) is 11.3 Å². The number of nitrogens with zero attached hydrogens (tertiary/aromatic N) is 3. The van der Waals surface area contributed by atoms with Gasteiger partial charge in [-0.3, -0.25) is 4.79 Å². The molecule has 1 fully saturated rings. The Morgan fingerprint density at radius 1 is 1.36 bits per heavy atom. The Balaban J connectivity index is 1.76. The second-order valence-corrected chi connectivity index (χ2v) is 6.77. The number of rotatable bonds is 3. The summed E-state index contributed by atoms with van der Waals surface area (Å²) in [6, 6.07) is 6.62. The van der Waals surface area contributed by atoms with Crippen LogP contribution in [0.4, 0.5) is 13.2 Å². The standard InChI is InChI=1S/C16H13F3N4OS/c17-16(18,19)12-1-3-13(4-2-12)23-8-11(7-21-23)14(24)22-15(9-20)5-6-25-10-15/h1-4,7-8H,5-6,10H2,(H,22,24). The zero-order valence-corrected chi connectivity index (χ0v) is 13.7. The smallest absolute Gasteiger partial charge is 0.333 e. The molecule has 0 saturated carbocycles. The van der Waals surface area contributed by atoms with Crippen molar-refractivity contribution in [2.45, 2.75) is 18.1 Å². The molecule has 1 aliphatic heterocycles. The minimum absolute atomic E-state index is 0.242. The van der Waals surface area contributed by atoms with Gasteiger partial charge < -0.3 is 5.32 Å². The van der Waals surface area contributed by atoms with Gasteiger partial charge in [-0.15, -0.1) is 0 Å². The lowest BCUT2D eigenvalue weighted by Crippen LogP contribution is -2.47. The number of aromatic nitrogens is 2. The molecule has 0 spiro atoms. The molecule has 1 aromatic carbocycles. The van der Waals surface area contributed by atoms with Gasteiger partial charge in [0.2, 0.25) is 0 Å². The molecule has 2 heterocycles. The quantitative estimate of drug-likeness (QED) is 0.907. The normalized spacial score (nSPS) is 20.2. The van der Waals surface area contributed by atoms with Crippen LogP contribution in [0.2, 0.25) is 0 Å². The first-order valence-electron chi connectivity index (χ1n) is 7.37. The van der Waals surface area contributed by atoms with E-state index in [2.05, 4.69) is 16.5 Å². The van der Waals surface area contributed by atoms with Crippen molar-refractivity contribution >= 4 is 17.7 Å². The molecule has 5 nitrogen and oxygen atoms in total. The highest BCUT2D eigenvalue weighted by Crippen LogP contribution is 2.30. The monoisotopic (exact) mass is 366 g/mol. The molecule has 1 unspecified atom stereocenters. The van der Waals surface area contributed by atoms with Crippen molar-refractivity contribution in [2.75, 3.05) is 11.5 Å². The Kier molecular flexibility index (Phi) is 4.47. The molecule has 3 rings (SSSR count). The summed E-state index contributed by atoms with van der Waals surface area (Å²) in [5.74, 6) is 0.906. The summed E-state index contributed by atoms with van der Waals surface area (Å²) >= 11 is 1.60. The second-order valence-electron chi connectivity index (χ2n) is 5.67. The topological polar surface area (TPSA) is 70.7 Å². The summed E-state index contributed by atoms with van der Waals surface area (Å²) in [4.78, 5) is 12.3. The van der Waals surface area contributed by atoms with Gasteiger partial charge in [0.1, 0.15) is 5.54 Å². The fraction of sp³-hybridized carbons (Fsp3) is 0.312. The molecule has 2 aromatic rings. The van der Waals surface area contributed by atoms with Gasteiger partial charge in [0.25, 0.3) is 5.91 Å². The van der Waals surface area contributed by atoms with Gasteiger partial charge >= 0.3 is 6.18 Å². The number of carbonyl (C=O) groups excluding carboxylic acids is 1. The molecule has 130 valence electrons. The maximum Gasteiger partial charge on any atom is 0.416 e. The van der Waals surface area contributed by atoms with Crippen molar-refractivity contribution < 1.29 is 18.0 Å². The van der Waals surface area contributed by atoms with Gasteiger partial charge in [0.05, 0.1) is 29.1 Å². The van der Waals surface area contributed by atoms with E-state index in [1.807, 2.05) is 0 Å². The summed E-state index contributed by atoms with van der Waals surface area (Å²) in [5.41, 5.74) is -0.987. The molecule has 0 bridgehead atoms. The molecule has 9 heteroatoms. The maximum atomic E-state index is 12.6. The van der Waals surface area contributed by atoms with Crippen LogP contribution in [-0.2, 0) is 6.18 Å². The van der Waals surface area contributed by atoms with E-state index in [0.29, 0.717) is 17.9 Å². The third-order valence-electron chi connectivity index (χ3n) is 3.89. The van der Waals surface area contributed by atoms with E-state index in [1.54, 1.807) is 11.8 Å². The van der Waals surface area contributed by atoms with Crippen LogP contribution < -0.4 is 5.32 Å². The van der Waals surface area contributed by atoms with Crippen LogP contribution in [0.1, 0.15) is 22.3 Å². The zero-order valence-electron chi connectivity index (χ0n) is 12.9. The SMILES string of the molecule is N#CC1(NC(=O)c2cnn(-c3ccc(C(F)(F)F)cc3)c2)CCSC1. The highest BCUT2D eigenvalue weighted by Gasteiger charge is 2.36. The lowest BCUT2D eigenvalue weighted by atomic mass is 10.0. The van der Waals surface area contributed by atoms with Gasteiger partial charge in [-0.1, -0.05) is 0 Å². The van der Waals surface area contributed by atoms with Crippen molar-refractivity contribution in [2.24, 2.45) is 0 Å². The number of amides is 1. The fourth-order valence-corrected chi connectivity index (χ4v) is 3.72. The first-order valence-corrected chi connectivity index (χ1v) is 8.52. The van der Waals surface area contributed by atoms with Crippen molar-refractivity contribution in [3.8, 4) is 11.8 Å². The average molecular weight is 366 g/mol. The van der Waals surface area contributed by atoms with E-state index < -0.39 is 23.2 Å². The summed E-state index contributed by atoms with van der Waals surface area (Å²) in [7, 11) is 0. The molecule has 0 aliphatic carbocycles. The van der Waals surface area contributed by atoms with Crippen LogP contribution in [-0.4, -0.2) is 32.7 Å². The van der Waals surface area contributed by atoms with Crippen LogP contribution in [0.5, 0.6) is 0 Å². The number of alkyl halides is 3. The number of carbonyl (C=O) groups is 1. The lowest BCUT2D eigenvalue weighted by Gasteiger charge is -2.20. The number of nitriles is 1. The molecule has 1 aliphatic rings. The van der Waals surface area contributed by atoms with Gasteiger partial charge in [0.15, 0.2) is 0 Å². The van der Waals surface area contributed by atoms with Crippen LogP contribution in [0.15, 0.2) is 36.7 Å². The zero-order chi connectivity index (χ0) is 18.1. The van der Waals surface area contributed by atoms with E-state index in [1.165, 1.54) is 29.2 Å². The van der Waals surface area contributed by atoms with Crippen molar-refractivity contribution in [3.05, 3.63) is 47.8 Å². The minimum Gasteiger partial charge on any atom is -0.333 e. The summed E-state index contributed by atoms with van der Waals surface area (Å²) in [6.45, 7) is 0. The number of halogens is 3. The van der Waals surface area contributed by atoms with E-state index >= 15 is 0 Å². The number of hydrogen-bond donors (Lipinski definition) is 1. The fourth-order valence-electron chi connectivity index (χ4n) is 2.45. The first kappa shape index (κ1) is 17.4. The summed E-state index contributed by atoms with van der Waals surface area (Å²) < 4.78 is 39.1. The highest BCUT2D eigenvalue weighted by molar-refractivity contribution is 7.99. The Bertz CT molecular complexity index is 817. The van der Waals surface area contributed by atoms with Crippen LogP contribution in [0.25, 0.3) is 5.69 Å². The molecule has 1 N–H and O–H groups in total. The van der Waals surface area contributed by atoms with E-state index in [9.17, 15) is 23.2 Å². The average Bonchev–Trinajstić information content (AvgIpc) is 3.24.